The standard InChI is InChI=1S/C15H20N2O2/c1-4-11-6-8-14(19-11)15(17-16)12-9-10(2)5-7-13(12)18-3/h5-9,15,17H,4,16H2,1-3H3. The van der Waals surface area contributed by atoms with Gasteiger partial charge in [0.25, 0.3) is 0 Å². The second-order valence-electron chi connectivity index (χ2n) is 4.50. The van der Waals surface area contributed by atoms with Gasteiger partial charge in [0.15, 0.2) is 0 Å². The smallest absolute Gasteiger partial charge is 0.127 e. The van der Waals surface area contributed by atoms with Crippen LogP contribution in [-0.2, 0) is 6.42 Å². The number of benzene rings is 1. The molecule has 1 aromatic heterocycles. The van der Waals surface area contributed by atoms with Crippen LogP contribution in [0.5, 0.6) is 5.75 Å². The zero-order chi connectivity index (χ0) is 13.8. The summed E-state index contributed by atoms with van der Waals surface area (Å²) in [7, 11) is 1.65. The Morgan fingerprint density at radius 3 is 2.68 bits per heavy atom. The van der Waals surface area contributed by atoms with Crippen LogP contribution in [0.1, 0.15) is 35.6 Å². The molecular weight excluding hydrogens is 240 g/mol. The van der Waals surface area contributed by atoms with Crippen LogP contribution >= 0.6 is 0 Å². The summed E-state index contributed by atoms with van der Waals surface area (Å²) in [6.45, 7) is 4.09. The Hall–Kier alpha value is -1.78. The van der Waals surface area contributed by atoms with Crippen LogP contribution in [0.25, 0.3) is 0 Å². The van der Waals surface area contributed by atoms with Crippen molar-refractivity contribution in [3.63, 3.8) is 0 Å². The number of nitrogens with two attached hydrogens (primary N) is 1. The Morgan fingerprint density at radius 1 is 1.32 bits per heavy atom. The van der Waals surface area contributed by atoms with Gasteiger partial charge in [0.05, 0.1) is 7.11 Å². The largest absolute Gasteiger partial charge is 0.496 e. The first-order valence-corrected chi connectivity index (χ1v) is 6.38. The third-order valence-electron chi connectivity index (χ3n) is 3.18. The van der Waals surface area contributed by atoms with Crippen molar-refractivity contribution in [1.82, 2.24) is 5.43 Å². The number of ether oxygens (including phenoxy) is 1. The van der Waals surface area contributed by atoms with Crippen LogP contribution in [-0.4, -0.2) is 7.11 Å². The minimum atomic E-state index is -0.213. The number of methoxy groups -OCH3 is 1. The van der Waals surface area contributed by atoms with Gasteiger partial charge in [-0.15, -0.1) is 0 Å². The monoisotopic (exact) mass is 260 g/mol. The number of furan rings is 1. The van der Waals surface area contributed by atoms with Crippen LogP contribution in [0.4, 0.5) is 0 Å². The van der Waals surface area contributed by atoms with Crippen LogP contribution in [0.3, 0.4) is 0 Å². The molecule has 2 rings (SSSR count). The van der Waals surface area contributed by atoms with E-state index in [4.69, 9.17) is 15.0 Å². The summed E-state index contributed by atoms with van der Waals surface area (Å²) < 4.78 is 11.2. The van der Waals surface area contributed by atoms with Crippen molar-refractivity contribution in [2.75, 3.05) is 7.11 Å². The summed E-state index contributed by atoms with van der Waals surface area (Å²) in [5.74, 6) is 8.23. The van der Waals surface area contributed by atoms with Gasteiger partial charge in [-0.1, -0.05) is 24.6 Å². The first-order valence-electron chi connectivity index (χ1n) is 6.38. The summed E-state index contributed by atoms with van der Waals surface area (Å²) in [6.07, 6.45) is 0.863. The average Bonchev–Trinajstić information content (AvgIpc) is 2.89. The van der Waals surface area contributed by atoms with Crippen molar-refractivity contribution >= 4 is 0 Å². The maximum atomic E-state index is 5.78. The quantitative estimate of drug-likeness (QED) is 0.641. The molecule has 0 saturated carbocycles. The lowest BCUT2D eigenvalue weighted by atomic mass is 10.0. The highest BCUT2D eigenvalue weighted by Gasteiger charge is 2.20. The summed E-state index contributed by atoms with van der Waals surface area (Å²) in [5, 5.41) is 0. The molecule has 102 valence electrons. The normalized spacial score (nSPS) is 12.4. The van der Waals surface area contributed by atoms with E-state index >= 15 is 0 Å². The van der Waals surface area contributed by atoms with E-state index in [1.807, 2.05) is 31.2 Å². The van der Waals surface area contributed by atoms with E-state index in [0.717, 1.165) is 34.8 Å². The molecule has 0 saturated heterocycles. The van der Waals surface area contributed by atoms with Crippen LogP contribution in [0, 0.1) is 6.92 Å². The van der Waals surface area contributed by atoms with Crippen LogP contribution in [0.2, 0.25) is 0 Å². The highest BCUT2D eigenvalue weighted by Crippen LogP contribution is 2.31. The third kappa shape index (κ3) is 2.80. The fraction of sp³-hybridized carbons (Fsp3) is 0.333. The number of aryl methyl sites for hydroxylation is 2. The molecule has 0 aliphatic heterocycles. The van der Waals surface area contributed by atoms with Gasteiger partial charge in [-0.3, -0.25) is 5.84 Å². The first-order chi connectivity index (χ1) is 9.19. The average molecular weight is 260 g/mol. The lowest BCUT2D eigenvalue weighted by Gasteiger charge is -2.17. The van der Waals surface area contributed by atoms with Gasteiger partial charge >= 0.3 is 0 Å². The van der Waals surface area contributed by atoms with E-state index < -0.39 is 0 Å². The van der Waals surface area contributed by atoms with Gasteiger partial charge < -0.3 is 9.15 Å². The molecule has 1 atom stereocenters. The van der Waals surface area contributed by atoms with Gasteiger partial charge in [-0.25, -0.2) is 5.43 Å². The second kappa shape index (κ2) is 5.91. The molecule has 0 spiro atoms. The predicted octanol–water partition coefficient (Wildman–Crippen LogP) is 2.71. The molecule has 4 nitrogen and oxygen atoms in total. The lowest BCUT2D eigenvalue weighted by Crippen LogP contribution is -2.29. The Kier molecular flexibility index (Phi) is 4.24. The molecular formula is C15H20N2O2. The van der Waals surface area contributed by atoms with E-state index in [-0.39, 0.29) is 6.04 Å². The lowest BCUT2D eigenvalue weighted by molar-refractivity contribution is 0.388. The maximum absolute atomic E-state index is 5.78. The van der Waals surface area contributed by atoms with E-state index in [0.29, 0.717) is 0 Å². The van der Waals surface area contributed by atoms with Crippen molar-refractivity contribution in [3.05, 3.63) is 53.0 Å². The fourth-order valence-corrected chi connectivity index (χ4v) is 2.14. The molecule has 1 unspecified atom stereocenters. The molecule has 0 radical (unpaired) electrons. The number of nitrogens with one attached hydrogen (secondary N) is 1. The second-order valence-corrected chi connectivity index (χ2v) is 4.50. The van der Waals surface area contributed by atoms with Crippen molar-refractivity contribution < 1.29 is 9.15 Å². The minimum absolute atomic E-state index is 0.213. The predicted molar refractivity (Wildman–Crippen MR) is 75.0 cm³/mol. The molecule has 0 amide bonds. The van der Waals surface area contributed by atoms with E-state index in [2.05, 4.69) is 18.4 Å². The topological polar surface area (TPSA) is 60.4 Å². The number of hydrazine groups is 1. The maximum Gasteiger partial charge on any atom is 0.127 e. The van der Waals surface area contributed by atoms with Gasteiger partial charge in [0.1, 0.15) is 23.3 Å². The molecule has 2 aromatic rings. The molecule has 0 aliphatic rings. The summed E-state index contributed by atoms with van der Waals surface area (Å²) >= 11 is 0. The zero-order valence-electron chi connectivity index (χ0n) is 11.6. The summed E-state index contributed by atoms with van der Waals surface area (Å²) in [5.41, 5.74) is 4.93. The summed E-state index contributed by atoms with van der Waals surface area (Å²) in [6, 6.07) is 9.72. The number of hydrogen-bond acceptors (Lipinski definition) is 4. The minimum Gasteiger partial charge on any atom is -0.496 e. The van der Waals surface area contributed by atoms with Crippen molar-refractivity contribution in [3.8, 4) is 5.75 Å². The van der Waals surface area contributed by atoms with E-state index in [1.54, 1.807) is 7.11 Å². The fourth-order valence-electron chi connectivity index (χ4n) is 2.14. The Balaban J connectivity index is 2.43. The van der Waals surface area contributed by atoms with Gasteiger partial charge in [-0.2, -0.15) is 0 Å². The first kappa shape index (κ1) is 13.6. The van der Waals surface area contributed by atoms with Crippen molar-refractivity contribution in [2.24, 2.45) is 5.84 Å². The zero-order valence-corrected chi connectivity index (χ0v) is 11.6. The third-order valence-corrected chi connectivity index (χ3v) is 3.18. The van der Waals surface area contributed by atoms with E-state index in [9.17, 15) is 0 Å². The molecule has 0 fully saturated rings. The molecule has 0 aliphatic carbocycles. The van der Waals surface area contributed by atoms with Crippen molar-refractivity contribution in [2.45, 2.75) is 26.3 Å². The van der Waals surface area contributed by atoms with Crippen LogP contribution < -0.4 is 16.0 Å². The molecule has 1 heterocycles. The Morgan fingerprint density at radius 2 is 2.11 bits per heavy atom. The molecule has 19 heavy (non-hydrogen) atoms. The SMILES string of the molecule is CCc1ccc(C(NN)c2cc(C)ccc2OC)o1. The number of hydrogen-bond donors (Lipinski definition) is 2. The van der Waals surface area contributed by atoms with Crippen LogP contribution in [0.15, 0.2) is 34.7 Å². The molecule has 4 heteroatoms. The van der Waals surface area contributed by atoms with Gasteiger partial charge in [0, 0.05) is 12.0 Å². The van der Waals surface area contributed by atoms with Crippen molar-refractivity contribution in [1.29, 1.82) is 0 Å². The Bertz CT molecular complexity index is 549. The highest BCUT2D eigenvalue weighted by atomic mass is 16.5. The van der Waals surface area contributed by atoms with E-state index in [1.165, 1.54) is 0 Å². The van der Waals surface area contributed by atoms with Gasteiger partial charge in [0.2, 0.25) is 0 Å². The molecule has 0 bridgehead atoms. The van der Waals surface area contributed by atoms with Gasteiger partial charge in [-0.05, 0) is 25.1 Å². The number of rotatable bonds is 5. The molecule has 1 aromatic carbocycles. The Labute approximate surface area is 113 Å². The highest BCUT2D eigenvalue weighted by molar-refractivity contribution is 5.42. The molecule has 3 N–H and O–H groups in total. The summed E-state index contributed by atoms with van der Waals surface area (Å²) in [4.78, 5) is 0.